The summed E-state index contributed by atoms with van der Waals surface area (Å²) in [7, 11) is 1.30. The Labute approximate surface area is 112 Å². The molecule has 1 amide bonds. The van der Waals surface area contributed by atoms with Gasteiger partial charge in [0.2, 0.25) is 5.91 Å². The predicted octanol–water partition coefficient (Wildman–Crippen LogP) is 1.06. The summed E-state index contributed by atoms with van der Waals surface area (Å²) in [4.78, 5) is 22.4. The third-order valence-electron chi connectivity index (χ3n) is 2.98. The number of carbonyl (C=O) groups is 2. The van der Waals surface area contributed by atoms with Crippen molar-refractivity contribution in [3.8, 4) is 0 Å². The first-order valence-corrected chi connectivity index (χ1v) is 6.02. The standard InChI is InChI=1S/C14H19NO4/c1-9-4-5-11(6-10(9)2)7-13(16)15-8-12(19-3)14(17)18/h4-6,12H,7-8H2,1-3H3,(H,15,16)(H,17,18). The van der Waals surface area contributed by atoms with E-state index in [9.17, 15) is 9.59 Å². The number of methoxy groups -OCH3 is 1. The zero-order chi connectivity index (χ0) is 14.4. The predicted molar refractivity (Wildman–Crippen MR) is 71.1 cm³/mol. The van der Waals surface area contributed by atoms with Crippen LogP contribution in [-0.4, -0.2) is 36.7 Å². The number of amides is 1. The van der Waals surface area contributed by atoms with Gasteiger partial charge in [0.1, 0.15) is 0 Å². The van der Waals surface area contributed by atoms with Crippen LogP contribution >= 0.6 is 0 Å². The molecule has 0 fully saturated rings. The molecule has 5 nitrogen and oxygen atoms in total. The minimum absolute atomic E-state index is 0.0322. The van der Waals surface area contributed by atoms with E-state index in [4.69, 9.17) is 9.84 Å². The van der Waals surface area contributed by atoms with Crippen LogP contribution in [0, 0.1) is 13.8 Å². The van der Waals surface area contributed by atoms with Crippen molar-refractivity contribution in [1.29, 1.82) is 0 Å². The van der Waals surface area contributed by atoms with Gasteiger partial charge in [-0.1, -0.05) is 18.2 Å². The molecule has 0 aliphatic carbocycles. The monoisotopic (exact) mass is 265 g/mol. The molecule has 1 unspecified atom stereocenters. The molecule has 1 atom stereocenters. The van der Waals surface area contributed by atoms with Crippen LogP contribution in [0.3, 0.4) is 0 Å². The van der Waals surface area contributed by atoms with Gasteiger partial charge in [-0.05, 0) is 30.5 Å². The minimum atomic E-state index is -1.09. The van der Waals surface area contributed by atoms with Crippen molar-refractivity contribution in [2.45, 2.75) is 26.4 Å². The molecular weight excluding hydrogens is 246 g/mol. The smallest absolute Gasteiger partial charge is 0.334 e. The van der Waals surface area contributed by atoms with Crippen molar-refractivity contribution >= 4 is 11.9 Å². The molecular formula is C14H19NO4. The Hall–Kier alpha value is -1.88. The van der Waals surface area contributed by atoms with Gasteiger partial charge < -0.3 is 15.2 Å². The SMILES string of the molecule is COC(CNC(=O)Cc1ccc(C)c(C)c1)C(=O)O. The third kappa shape index (κ3) is 4.71. The van der Waals surface area contributed by atoms with Crippen LogP contribution in [-0.2, 0) is 20.7 Å². The Balaban J connectivity index is 2.51. The van der Waals surface area contributed by atoms with E-state index in [1.807, 2.05) is 32.0 Å². The number of ether oxygens (including phenoxy) is 1. The Morgan fingerprint density at radius 2 is 2.00 bits per heavy atom. The highest BCUT2D eigenvalue weighted by Gasteiger charge is 2.17. The van der Waals surface area contributed by atoms with Crippen LogP contribution in [0.25, 0.3) is 0 Å². The van der Waals surface area contributed by atoms with Crippen LogP contribution < -0.4 is 5.32 Å². The normalized spacial score (nSPS) is 11.9. The van der Waals surface area contributed by atoms with Gasteiger partial charge in [0.15, 0.2) is 6.10 Å². The van der Waals surface area contributed by atoms with E-state index in [-0.39, 0.29) is 18.9 Å². The number of aliphatic carboxylic acids is 1. The van der Waals surface area contributed by atoms with E-state index in [1.54, 1.807) is 0 Å². The van der Waals surface area contributed by atoms with E-state index < -0.39 is 12.1 Å². The Kier molecular flexibility index (Phi) is 5.51. The average molecular weight is 265 g/mol. The molecule has 1 aromatic rings. The molecule has 2 N–H and O–H groups in total. The summed E-state index contributed by atoms with van der Waals surface area (Å²) < 4.78 is 4.73. The van der Waals surface area contributed by atoms with Crippen molar-refractivity contribution in [2.24, 2.45) is 0 Å². The lowest BCUT2D eigenvalue weighted by molar-refractivity contribution is -0.148. The second-order valence-electron chi connectivity index (χ2n) is 4.46. The summed E-state index contributed by atoms with van der Waals surface area (Å²) in [5, 5.41) is 11.3. The number of carboxylic acid groups (broad SMARTS) is 1. The van der Waals surface area contributed by atoms with Gasteiger partial charge in [-0.15, -0.1) is 0 Å². The van der Waals surface area contributed by atoms with Crippen LogP contribution in [0.1, 0.15) is 16.7 Å². The molecule has 0 saturated heterocycles. The van der Waals surface area contributed by atoms with E-state index in [0.29, 0.717) is 0 Å². The van der Waals surface area contributed by atoms with Crippen LogP contribution in [0.2, 0.25) is 0 Å². The Morgan fingerprint density at radius 3 is 2.53 bits per heavy atom. The van der Waals surface area contributed by atoms with Gasteiger partial charge in [0, 0.05) is 7.11 Å². The first-order valence-electron chi connectivity index (χ1n) is 6.02. The number of carbonyl (C=O) groups excluding carboxylic acids is 1. The third-order valence-corrected chi connectivity index (χ3v) is 2.98. The quantitative estimate of drug-likeness (QED) is 0.806. The molecule has 0 saturated carbocycles. The van der Waals surface area contributed by atoms with Gasteiger partial charge in [0.05, 0.1) is 13.0 Å². The number of nitrogens with one attached hydrogen (secondary N) is 1. The van der Waals surface area contributed by atoms with E-state index in [2.05, 4.69) is 5.32 Å². The molecule has 0 aliphatic heterocycles. The van der Waals surface area contributed by atoms with Gasteiger partial charge in [-0.25, -0.2) is 4.79 Å². The lowest BCUT2D eigenvalue weighted by Gasteiger charge is -2.11. The molecule has 0 aromatic heterocycles. The number of carboxylic acids is 1. The molecule has 1 aromatic carbocycles. The highest BCUT2D eigenvalue weighted by molar-refractivity contribution is 5.80. The fourth-order valence-electron chi connectivity index (χ4n) is 1.64. The van der Waals surface area contributed by atoms with E-state index in [1.165, 1.54) is 12.7 Å². The Bertz CT molecular complexity index is 471. The summed E-state index contributed by atoms with van der Waals surface area (Å²) in [6.45, 7) is 3.97. The lowest BCUT2D eigenvalue weighted by atomic mass is 10.0. The number of hydrogen-bond acceptors (Lipinski definition) is 3. The molecule has 0 heterocycles. The molecule has 5 heteroatoms. The Morgan fingerprint density at radius 1 is 1.32 bits per heavy atom. The van der Waals surface area contributed by atoms with Crippen LogP contribution in [0.5, 0.6) is 0 Å². The molecule has 0 spiro atoms. The topological polar surface area (TPSA) is 75.6 Å². The first-order chi connectivity index (χ1) is 8.93. The van der Waals surface area contributed by atoms with Crippen LogP contribution in [0.4, 0.5) is 0 Å². The average Bonchev–Trinajstić information content (AvgIpc) is 2.34. The maximum Gasteiger partial charge on any atom is 0.334 e. The summed E-state index contributed by atoms with van der Waals surface area (Å²) in [6, 6.07) is 5.82. The summed E-state index contributed by atoms with van der Waals surface area (Å²) in [5.41, 5.74) is 3.21. The van der Waals surface area contributed by atoms with Crippen molar-refractivity contribution in [1.82, 2.24) is 5.32 Å². The number of benzene rings is 1. The van der Waals surface area contributed by atoms with E-state index >= 15 is 0 Å². The largest absolute Gasteiger partial charge is 0.479 e. The molecule has 0 aliphatic rings. The molecule has 0 bridgehead atoms. The maximum absolute atomic E-state index is 11.7. The number of rotatable bonds is 6. The van der Waals surface area contributed by atoms with Crippen molar-refractivity contribution in [3.63, 3.8) is 0 Å². The second-order valence-corrected chi connectivity index (χ2v) is 4.46. The summed E-state index contributed by atoms with van der Waals surface area (Å²) in [6.07, 6.45) is -0.777. The van der Waals surface area contributed by atoms with Gasteiger partial charge in [-0.3, -0.25) is 4.79 Å². The summed E-state index contributed by atoms with van der Waals surface area (Å²) >= 11 is 0. The first kappa shape index (κ1) is 15.2. The van der Waals surface area contributed by atoms with Crippen molar-refractivity contribution in [3.05, 3.63) is 34.9 Å². The minimum Gasteiger partial charge on any atom is -0.479 e. The molecule has 1 rings (SSSR count). The highest BCUT2D eigenvalue weighted by Crippen LogP contribution is 2.10. The van der Waals surface area contributed by atoms with Crippen LogP contribution in [0.15, 0.2) is 18.2 Å². The zero-order valence-electron chi connectivity index (χ0n) is 11.4. The zero-order valence-corrected chi connectivity index (χ0v) is 11.4. The van der Waals surface area contributed by atoms with Crippen molar-refractivity contribution < 1.29 is 19.4 Å². The fraction of sp³-hybridized carbons (Fsp3) is 0.429. The van der Waals surface area contributed by atoms with Gasteiger partial charge >= 0.3 is 5.97 Å². The molecule has 19 heavy (non-hydrogen) atoms. The summed E-state index contributed by atoms with van der Waals surface area (Å²) in [5.74, 6) is -1.31. The lowest BCUT2D eigenvalue weighted by Crippen LogP contribution is -2.38. The highest BCUT2D eigenvalue weighted by atomic mass is 16.5. The van der Waals surface area contributed by atoms with E-state index in [0.717, 1.165) is 11.1 Å². The fourth-order valence-corrected chi connectivity index (χ4v) is 1.64. The van der Waals surface area contributed by atoms with Gasteiger partial charge in [-0.2, -0.15) is 0 Å². The maximum atomic E-state index is 11.7. The van der Waals surface area contributed by atoms with Gasteiger partial charge in [0.25, 0.3) is 0 Å². The van der Waals surface area contributed by atoms with Crippen molar-refractivity contribution in [2.75, 3.05) is 13.7 Å². The number of aryl methyl sites for hydroxylation is 2. The molecule has 0 radical (unpaired) electrons. The second kappa shape index (κ2) is 6.89. The molecule has 104 valence electrons. The number of hydrogen-bond donors (Lipinski definition) is 2.